The third kappa shape index (κ3) is 6.00. The van der Waals surface area contributed by atoms with Gasteiger partial charge in [0.05, 0.1) is 16.9 Å². The Morgan fingerprint density at radius 3 is 2.93 bits per heavy atom. The van der Waals surface area contributed by atoms with Crippen LogP contribution in [0.3, 0.4) is 0 Å². The molecule has 0 spiro atoms. The normalized spacial score (nSPS) is 10.6. The van der Waals surface area contributed by atoms with Gasteiger partial charge in [0.1, 0.15) is 30.6 Å². The number of aromatic nitrogens is 2. The quantitative estimate of drug-likeness (QED) is 0.359. The van der Waals surface area contributed by atoms with Gasteiger partial charge in [0, 0.05) is 12.6 Å². The summed E-state index contributed by atoms with van der Waals surface area (Å²) in [6.45, 7) is 2.65. The number of nitrogen functional groups attached to an aromatic ring is 1. The molecular formula is C17H21ClN6O3. The molecule has 2 aromatic rings. The van der Waals surface area contributed by atoms with E-state index in [9.17, 15) is 4.79 Å². The largest absolute Gasteiger partial charge is 0.438 e. The summed E-state index contributed by atoms with van der Waals surface area (Å²) in [5, 5.41) is 9.40. The van der Waals surface area contributed by atoms with E-state index >= 15 is 0 Å². The second-order valence-corrected chi connectivity index (χ2v) is 5.78. The van der Waals surface area contributed by atoms with Crippen molar-refractivity contribution in [3.8, 4) is 11.6 Å². The summed E-state index contributed by atoms with van der Waals surface area (Å²) < 4.78 is 5.72. The smallest absolute Gasteiger partial charge is 0.319 e. The van der Waals surface area contributed by atoms with Gasteiger partial charge >= 0.3 is 6.03 Å². The summed E-state index contributed by atoms with van der Waals surface area (Å²) in [5.41, 5.74) is 6.64. The number of hydrogen-bond acceptors (Lipinski definition) is 7. The Morgan fingerprint density at radius 2 is 2.22 bits per heavy atom. The minimum Gasteiger partial charge on any atom is -0.438 e. The number of rotatable bonds is 8. The maximum absolute atomic E-state index is 11.8. The molecule has 0 aliphatic heterocycles. The Kier molecular flexibility index (Phi) is 7.63. The molecule has 144 valence electrons. The topological polar surface area (TPSA) is 124 Å². The predicted molar refractivity (Wildman–Crippen MR) is 105 cm³/mol. The highest BCUT2D eigenvalue weighted by Crippen LogP contribution is 2.30. The molecule has 4 N–H and O–H groups in total. The van der Waals surface area contributed by atoms with Crippen molar-refractivity contribution in [2.75, 3.05) is 24.7 Å². The van der Waals surface area contributed by atoms with E-state index in [1.807, 2.05) is 6.92 Å². The van der Waals surface area contributed by atoms with Crippen LogP contribution in [-0.4, -0.2) is 35.9 Å². The van der Waals surface area contributed by atoms with Crippen LogP contribution in [0.2, 0.25) is 5.02 Å². The number of nitrogens with zero attached hydrogens (tertiary/aromatic N) is 3. The molecular weight excluding hydrogens is 372 g/mol. The number of halogens is 1. The first-order valence-corrected chi connectivity index (χ1v) is 8.62. The van der Waals surface area contributed by atoms with Crippen molar-refractivity contribution in [1.29, 1.82) is 0 Å². The number of benzene rings is 1. The van der Waals surface area contributed by atoms with Crippen LogP contribution in [0.25, 0.3) is 0 Å². The average molecular weight is 393 g/mol. The molecule has 0 saturated carbocycles. The van der Waals surface area contributed by atoms with Crippen LogP contribution >= 0.6 is 11.6 Å². The number of oxime groups is 1. The average Bonchev–Trinajstić information content (AvgIpc) is 2.64. The van der Waals surface area contributed by atoms with Crippen molar-refractivity contribution in [2.45, 2.75) is 19.8 Å². The molecule has 0 aliphatic carbocycles. The van der Waals surface area contributed by atoms with E-state index in [2.05, 4.69) is 30.6 Å². The van der Waals surface area contributed by atoms with Crippen molar-refractivity contribution in [3.63, 3.8) is 0 Å². The molecule has 1 aromatic heterocycles. The van der Waals surface area contributed by atoms with Crippen LogP contribution in [0.4, 0.5) is 16.3 Å². The summed E-state index contributed by atoms with van der Waals surface area (Å²) >= 11 is 6.23. The zero-order chi connectivity index (χ0) is 19.6. The number of hydrogen-bond donors (Lipinski definition) is 3. The van der Waals surface area contributed by atoms with Crippen LogP contribution < -0.4 is 21.1 Å². The fraction of sp³-hybridized carbons (Fsp3) is 0.294. The van der Waals surface area contributed by atoms with Crippen LogP contribution in [0.15, 0.2) is 29.7 Å². The van der Waals surface area contributed by atoms with Gasteiger partial charge in [-0.2, -0.15) is 0 Å². The molecule has 10 heteroatoms. The fourth-order valence-electron chi connectivity index (χ4n) is 2.02. The maximum atomic E-state index is 11.8. The van der Waals surface area contributed by atoms with Crippen LogP contribution in [0.1, 0.15) is 25.3 Å². The highest BCUT2D eigenvalue weighted by atomic mass is 35.5. The van der Waals surface area contributed by atoms with E-state index in [1.165, 1.54) is 19.7 Å². The summed E-state index contributed by atoms with van der Waals surface area (Å²) in [4.78, 5) is 24.4. The van der Waals surface area contributed by atoms with Crippen molar-refractivity contribution in [3.05, 3.63) is 35.1 Å². The molecule has 0 aliphatic rings. The molecule has 27 heavy (non-hydrogen) atoms. The summed E-state index contributed by atoms with van der Waals surface area (Å²) in [6.07, 6.45) is 4.53. The van der Waals surface area contributed by atoms with Gasteiger partial charge in [-0.3, -0.25) is 0 Å². The lowest BCUT2D eigenvalue weighted by molar-refractivity contribution is 0.215. The summed E-state index contributed by atoms with van der Waals surface area (Å²) in [7, 11) is 1.40. The number of unbranched alkanes of at least 4 members (excludes halogenated alkanes) is 1. The molecule has 0 bridgehead atoms. The van der Waals surface area contributed by atoms with E-state index in [4.69, 9.17) is 22.1 Å². The number of anilines is 2. The minimum atomic E-state index is -0.319. The van der Waals surface area contributed by atoms with E-state index in [0.29, 0.717) is 28.6 Å². The van der Waals surface area contributed by atoms with Gasteiger partial charge in [-0.1, -0.05) is 30.1 Å². The van der Waals surface area contributed by atoms with Gasteiger partial charge in [0.25, 0.3) is 0 Å². The Morgan fingerprint density at radius 1 is 1.41 bits per heavy atom. The number of nitrogens with two attached hydrogens (primary N) is 1. The van der Waals surface area contributed by atoms with Gasteiger partial charge in [0.2, 0.25) is 5.88 Å². The molecule has 2 amide bonds. The highest BCUT2D eigenvalue weighted by molar-refractivity contribution is 6.33. The van der Waals surface area contributed by atoms with Crippen LogP contribution in [-0.2, 0) is 4.84 Å². The molecule has 2 rings (SSSR count). The Labute approximate surface area is 161 Å². The zero-order valence-electron chi connectivity index (χ0n) is 15.0. The molecule has 0 unspecified atom stereocenters. The van der Waals surface area contributed by atoms with Crippen molar-refractivity contribution in [2.24, 2.45) is 5.16 Å². The lowest BCUT2D eigenvalue weighted by Gasteiger charge is -2.11. The fourth-order valence-corrected chi connectivity index (χ4v) is 2.24. The first kappa shape index (κ1) is 20.2. The van der Waals surface area contributed by atoms with Crippen molar-refractivity contribution < 1.29 is 14.4 Å². The highest BCUT2D eigenvalue weighted by Gasteiger charge is 2.12. The Bertz CT molecular complexity index is 815. The SMILES string of the molecule is CCCCNC(=O)Nc1ccc(Oc2ncnc(N)c2C=NOC)cc1Cl. The van der Waals surface area contributed by atoms with E-state index in [0.717, 1.165) is 12.8 Å². The van der Waals surface area contributed by atoms with Crippen LogP contribution in [0.5, 0.6) is 11.6 Å². The minimum absolute atomic E-state index is 0.189. The number of carbonyl (C=O) groups excluding carboxylic acids is 1. The summed E-state index contributed by atoms with van der Waals surface area (Å²) in [5.74, 6) is 0.786. The molecule has 1 aromatic carbocycles. The molecule has 0 saturated heterocycles. The van der Waals surface area contributed by atoms with Gasteiger partial charge in [-0.05, 0) is 18.6 Å². The molecule has 1 heterocycles. The Balaban J connectivity index is 2.11. The number of amides is 2. The third-order valence-corrected chi connectivity index (χ3v) is 3.70. The number of urea groups is 1. The van der Waals surface area contributed by atoms with E-state index < -0.39 is 0 Å². The second kappa shape index (κ2) is 10.2. The first-order valence-electron chi connectivity index (χ1n) is 8.24. The second-order valence-electron chi connectivity index (χ2n) is 5.37. The molecule has 0 fully saturated rings. The predicted octanol–water partition coefficient (Wildman–Crippen LogP) is 3.41. The van der Waals surface area contributed by atoms with Crippen LogP contribution in [0, 0.1) is 0 Å². The van der Waals surface area contributed by atoms with Gasteiger partial charge in [-0.25, -0.2) is 14.8 Å². The number of carbonyl (C=O) groups is 1. The van der Waals surface area contributed by atoms with E-state index in [-0.39, 0.29) is 17.7 Å². The van der Waals surface area contributed by atoms with E-state index in [1.54, 1.807) is 18.2 Å². The van der Waals surface area contributed by atoms with Gasteiger partial charge < -0.3 is 25.9 Å². The zero-order valence-corrected chi connectivity index (χ0v) is 15.8. The van der Waals surface area contributed by atoms with Gasteiger partial charge in [-0.15, -0.1) is 0 Å². The number of ether oxygens (including phenoxy) is 1. The number of nitrogens with one attached hydrogen (secondary N) is 2. The molecule has 9 nitrogen and oxygen atoms in total. The first-order chi connectivity index (χ1) is 13.0. The third-order valence-electron chi connectivity index (χ3n) is 3.38. The molecule has 0 radical (unpaired) electrons. The lowest BCUT2D eigenvalue weighted by Crippen LogP contribution is -2.29. The molecule has 0 atom stereocenters. The van der Waals surface area contributed by atoms with Crippen molar-refractivity contribution in [1.82, 2.24) is 15.3 Å². The standard InChI is InChI=1S/C17H21ClN6O3/c1-3-4-7-20-17(25)24-14-6-5-11(8-13(14)18)27-16-12(9-23-26-2)15(19)21-10-22-16/h5-6,8-10H,3-4,7H2,1-2H3,(H2,19,21,22)(H2,20,24,25). The van der Waals surface area contributed by atoms with Crippen molar-refractivity contribution >= 4 is 35.4 Å². The maximum Gasteiger partial charge on any atom is 0.319 e. The summed E-state index contributed by atoms with van der Waals surface area (Å²) in [6, 6.07) is 4.51. The Hall–Kier alpha value is -3.07. The lowest BCUT2D eigenvalue weighted by atomic mass is 10.3. The van der Waals surface area contributed by atoms with Gasteiger partial charge in [0.15, 0.2) is 0 Å². The monoisotopic (exact) mass is 392 g/mol.